The Hall–Kier alpha value is -0.760. The third-order valence-electron chi connectivity index (χ3n) is 2.35. The first kappa shape index (κ1) is 15.3. The largest absolute Gasteiger partial charge is 0.389 e. The molecule has 0 amide bonds. The predicted molar refractivity (Wildman–Crippen MR) is 71.2 cm³/mol. The Labute approximate surface area is 110 Å². The Balaban J connectivity index is 2.76. The van der Waals surface area contributed by atoms with Crippen LogP contribution in [0.3, 0.4) is 0 Å². The van der Waals surface area contributed by atoms with Crippen LogP contribution in [0.1, 0.15) is 18.6 Å². The first-order chi connectivity index (χ1) is 8.33. The Morgan fingerprint density at radius 3 is 2.33 bits per heavy atom. The average Bonchev–Trinajstić information content (AvgIpc) is 2.28. The molecule has 2 unspecified atom stereocenters. The van der Waals surface area contributed by atoms with Gasteiger partial charge in [0.05, 0.1) is 11.0 Å². The molecule has 0 aliphatic carbocycles. The third kappa shape index (κ3) is 4.49. The van der Waals surface area contributed by atoms with Gasteiger partial charge in [-0.15, -0.1) is 0 Å². The van der Waals surface area contributed by atoms with Crippen molar-refractivity contribution in [3.63, 3.8) is 0 Å². The average molecular weight is 291 g/mol. The summed E-state index contributed by atoms with van der Waals surface area (Å²) in [6.07, 6.45) is 0.892. The van der Waals surface area contributed by atoms with Crippen LogP contribution in [0.25, 0.3) is 0 Å². The van der Waals surface area contributed by atoms with E-state index in [1.165, 1.54) is 18.4 Å². The molecule has 0 aliphatic heterocycles. The maximum Gasteiger partial charge on any atom is 0.240 e. The molecule has 0 spiro atoms. The van der Waals surface area contributed by atoms with Crippen molar-refractivity contribution in [1.82, 2.24) is 4.72 Å². The van der Waals surface area contributed by atoms with E-state index < -0.39 is 26.9 Å². The molecular weight excluding hydrogens is 274 g/mol. The highest BCUT2D eigenvalue weighted by atomic mass is 32.2. The van der Waals surface area contributed by atoms with Crippen molar-refractivity contribution in [2.45, 2.75) is 17.9 Å². The van der Waals surface area contributed by atoms with Gasteiger partial charge in [-0.2, -0.15) is 0 Å². The van der Waals surface area contributed by atoms with E-state index in [1.807, 2.05) is 0 Å². The highest BCUT2D eigenvalue weighted by Gasteiger charge is 2.13. The van der Waals surface area contributed by atoms with Gasteiger partial charge < -0.3 is 5.11 Å². The van der Waals surface area contributed by atoms with Crippen molar-refractivity contribution in [3.8, 4) is 0 Å². The molecule has 0 saturated heterocycles. The number of aliphatic hydroxyl groups excluding tert-OH is 1. The number of aliphatic hydroxyl groups is 1. The normalized spacial score (nSPS) is 15.3. The molecule has 0 fully saturated rings. The van der Waals surface area contributed by atoms with Crippen LogP contribution in [0.2, 0.25) is 0 Å². The number of nitrogens with one attached hydrogen (secondary N) is 1. The van der Waals surface area contributed by atoms with Gasteiger partial charge in [0, 0.05) is 29.4 Å². The highest BCUT2D eigenvalue weighted by Crippen LogP contribution is 2.15. The summed E-state index contributed by atoms with van der Waals surface area (Å²) in [6.45, 7) is 1.75. The van der Waals surface area contributed by atoms with E-state index in [2.05, 4.69) is 4.72 Å². The minimum absolute atomic E-state index is 0.133. The van der Waals surface area contributed by atoms with Crippen LogP contribution in [0.4, 0.5) is 0 Å². The van der Waals surface area contributed by atoms with Crippen LogP contribution in [0, 0.1) is 0 Å². The summed E-state index contributed by atoms with van der Waals surface area (Å²) in [6, 6.07) is 6.01. The monoisotopic (exact) mass is 291 g/mol. The third-order valence-corrected chi connectivity index (χ3v) is 4.61. The summed E-state index contributed by atoms with van der Waals surface area (Å²) in [7, 11) is -4.59. The van der Waals surface area contributed by atoms with Gasteiger partial charge in [-0.05, 0) is 24.6 Å². The molecule has 0 heterocycles. The van der Waals surface area contributed by atoms with Crippen molar-refractivity contribution in [2.75, 3.05) is 18.6 Å². The summed E-state index contributed by atoms with van der Waals surface area (Å²) in [5.74, 6) is 0.283. The second kappa shape index (κ2) is 6.42. The number of hydrogen-bond acceptors (Lipinski definition) is 4. The molecule has 2 N–H and O–H groups in total. The first-order valence-electron chi connectivity index (χ1n) is 5.40. The molecule has 5 nitrogen and oxygen atoms in total. The molecule has 18 heavy (non-hydrogen) atoms. The molecule has 2 atom stereocenters. The zero-order valence-corrected chi connectivity index (χ0v) is 11.9. The van der Waals surface area contributed by atoms with Crippen molar-refractivity contribution in [2.24, 2.45) is 0 Å². The van der Waals surface area contributed by atoms with Crippen LogP contribution >= 0.6 is 0 Å². The number of rotatable bonds is 6. The van der Waals surface area contributed by atoms with E-state index in [0.717, 1.165) is 0 Å². The molecule has 1 aromatic rings. The van der Waals surface area contributed by atoms with Gasteiger partial charge in [-0.3, -0.25) is 4.21 Å². The van der Waals surface area contributed by atoms with Crippen LogP contribution in [-0.2, 0) is 20.8 Å². The minimum atomic E-state index is -3.56. The fraction of sp³-hybridized carbons (Fsp3) is 0.455. The van der Waals surface area contributed by atoms with Crippen LogP contribution in [0.5, 0.6) is 0 Å². The summed E-state index contributed by atoms with van der Waals surface area (Å²) in [5, 5.41) is 9.32. The highest BCUT2D eigenvalue weighted by molar-refractivity contribution is 7.89. The van der Waals surface area contributed by atoms with E-state index >= 15 is 0 Å². The molecular formula is C11H17NO4S2. The first-order valence-corrected chi connectivity index (χ1v) is 8.61. The van der Waals surface area contributed by atoms with Crippen molar-refractivity contribution < 1.29 is 17.7 Å². The molecule has 0 radical (unpaired) electrons. The summed E-state index contributed by atoms with van der Waals surface area (Å²) in [5.41, 5.74) is 0.656. The summed E-state index contributed by atoms with van der Waals surface area (Å²) >= 11 is 0. The molecule has 0 bridgehead atoms. The van der Waals surface area contributed by atoms with E-state index in [-0.39, 0.29) is 17.2 Å². The lowest BCUT2D eigenvalue weighted by Gasteiger charge is -2.08. The molecule has 102 valence electrons. The lowest BCUT2D eigenvalue weighted by atomic mass is 10.1. The van der Waals surface area contributed by atoms with Crippen LogP contribution < -0.4 is 4.72 Å². The zero-order valence-electron chi connectivity index (χ0n) is 10.3. The summed E-state index contributed by atoms with van der Waals surface area (Å²) in [4.78, 5) is 0.133. The van der Waals surface area contributed by atoms with Gasteiger partial charge in [0.1, 0.15) is 0 Å². The second-order valence-electron chi connectivity index (χ2n) is 3.92. The number of benzene rings is 1. The smallest absolute Gasteiger partial charge is 0.240 e. The van der Waals surface area contributed by atoms with Gasteiger partial charge in [0.25, 0.3) is 0 Å². The Morgan fingerprint density at radius 1 is 1.33 bits per heavy atom. The van der Waals surface area contributed by atoms with Crippen LogP contribution in [-0.4, -0.2) is 36.3 Å². The van der Waals surface area contributed by atoms with Crippen molar-refractivity contribution in [1.29, 1.82) is 0 Å². The maximum atomic E-state index is 11.8. The maximum absolute atomic E-state index is 11.8. The van der Waals surface area contributed by atoms with Gasteiger partial charge in [-0.1, -0.05) is 12.1 Å². The van der Waals surface area contributed by atoms with E-state index in [4.69, 9.17) is 0 Å². The topological polar surface area (TPSA) is 83.5 Å². The van der Waals surface area contributed by atoms with Gasteiger partial charge in [0.15, 0.2) is 0 Å². The van der Waals surface area contributed by atoms with E-state index in [9.17, 15) is 17.7 Å². The standard InChI is InChI=1S/C11H17NO4S2/c1-9(13)10-3-5-11(6-4-10)18(15,16)12-7-8-17(2)14/h3-6,9,12-13H,7-8H2,1-2H3. The van der Waals surface area contributed by atoms with Gasteiger partial charge in [0.2, 0.25) is 10.0 Å². The molecule has 1 aromatic carbocycles. The number of sulfonamides is 1. The predicted octanol–water partition coefficient (Wildman–Crippen LogP) is 0.397. The number of hydrogen-bond donors (Lipinski definition) is 2. The quantitative estimate of drug-likeness (QED) is 0.794. The van der Waals surface area contributed by atoms with Crippen LogP contribution in [0.15, 0.2) is 29.2 Å². The summed E-state index contributed by atoms with van der Waals surface area (Å²) < 4.78 is 36.9. The van der Waals surface area contributed by atoms with Crippen molar-refractivity contribution in [3.05, 3.63) is 29.8 Å². The zero-order chi connectivity index (χ0) is 13.8. The van der Waals surface area contributed by atoms with Gasteiger partial charge >= 0.3 is 0 Å². The second-order valence-corrected chi connectivity index (χ2v) is 7.24. The van der Waals surface area contributed by atoms with Gasteiger partial charge in [-0.25, -0.2) is 13.1 Å². The lowest BCUT2D eigenvalue weighted by molar-refractivity contribution is 0.199. The molecule has 7 heteroatoms. The van der Waals surface area contributed by atoms with Crippen molar-refractivity contribution >= 4 is 20.8 Å². The molecule has 1 rings (SSSR count). The van der Waals surface area contributed by atoms with E-state index in [1.54, 1.807) is 19.1 Å². The molecule has 0 aliphatic rings. The Kier molecular flexibility index (Phi) is 5.46. The molecule has 0 aromatic heterocycles. The minimum Gasteiger partial charge on any atom is -0.389 e. The fourth-order valence-corrected chi connectivity index (χ4v) is 2.88. The Bertz CT molecular complexity index is 508. The molecule has 0 saturated carbocycles. The Morgan fingerprint density at radius 2 is 1.89 bits per heavy atom. The lowest BCUT2D eigenvalue weighted by Crippen LogP contribution is -2.27. The van der Waals surface area contributed by atoms with E-state index in [0.29, 0.717) is 5.56 Å². The fourth-order valence-electron chi connectivity index (χ4n) is 1.33. The SMILES string of the molecule is CC(O)c1ccc(S(=O)(=O)NCCS(C)=O)cc1.